The van der Waals surface area contributed by atoms with Gasteiger partial charge in [0.2, 0.25) is 5.91 Å². The Balaban J connectivity index is 2.33. The van der Waals surface area contributed by atoms with E-state index in [-0.39, 0.29) is 17.9 Å². The fourth-order valence-electron chi connectivity index (χ4n) is 2.08. The Morgan fingerprint density at radius 1 is 1.56 bits per heavy atom. The molecule has 4 nitrogen and oxygen atoms in total. The second-order valence-electron chi connectivity index (χ2n) is 4.61. The second-order valence-corrected chi connectivity index (χ2v) is 4.61. The Morgan fingerprint density at radius 3 is 2.81 bits per heavy atom. The Hall–Kier alpha value is -0.610. The Morgan fingerprint density at radius 2 is 2.31 bits per heavy atom. The first-order valence-corrected chi connectivity index (χ1v) is 6.30. The molecule has 1 saturated heterocycles. The zero-order valence-corrected chi connectivity index (χ0v) is 10.4. The number of hydrogen-bond acceptors (Lipinski definition) is 3. The highest BCUT2D eigenvalue weighted by molar-refractivity contribution is 5.78. The van der Waals surface area contributed by atoms with Gasteiger partial charge in [0.25, 0.3) is 0 Å². The molecule has 0 aromatic heterocycles. The smallest absolute Gasteiger partial charge is 0.224 e. The summed E-state index contributed by atoms with van der Waals surface area (Å²) in [6.45, 7) is 5.26. The van der Waals surface area contributed by atoms with Crippen molar-refractivity contribution in [3.63, 3.8) is 0 Å². The van der Waals surface area contributed by atoms with Crippen LogP contribution in [0.15, 0.2) is 0 Å². The van der Waals surface area contributed by atoms with Gasteiger partial charge in [0.1, 0.15) is 0 Å². The number of hydrogen-bond donors (Lipinski definition) is 2. The van der Waals surface area contributed by atoms with Crippen LogP contribution in [-0.2, 0) is 9.53 Å². The molecule has 0 saturated carbocycles. The normalized spacial score (nSPS) is 26.7. The summed E-state index contributed by atoms with van der Waals surface area (Å²) in [6.07, 6.45) is 4.42. The van der Waals surface area contributed by atoms with Crippen molar-refractivity contribution in [1.82, 2.24) is 5.32 Å². The van der Waals surface area contributed by atoms with Gasteiger partial charge < -0.3 is 15.8 Å². The van der Waals surface area contributed by atoms with Gasteiger partial charge in [0.05, 0.1) is 18.1 Å². The molecule has 3 unspecified atom stereocenters. The molecule has 1 heterocycles. The van der Waals surface area contributed by atoms with E-state index in [0.717, 1.165) is 32.2 Å². The molecule has 3 atom stereocenters. The van der Waals surface area contributed by atoms with Crippen LogP contribution in [0.1, 0.15) is 39.5 Å². The van der Waals surface area contributed by atoms with E-state index in [1.165, 1.54) is 0 Å². The summed E-state index contributed by atoms with van der Waals surface area (Å²) in [5.41, 5.74) is 5.64. The lowest BCUT2D eigenvalue weighted by molar-refractivity contribution is -0.125. The van der Waals surface area contributed by atoms with Crippen LogP contribution in [0.25, 0.3) is 0 Å². The molecule has 0 spiro atoms. The third-order valence-corrected chi connectivity index (χ3v) is 3.07. The third-order valence-electron chi connectivity index (χ3n) is 3.07. The quantitative estimate of drug-likeness (QED) is 0.714. The van der Waals surface area contributed by atoms with Crippen molar-refractivity contribution in [2.24, 2.45) is 11.7 Å². The molecule has 1 rings (SSSR count). The van der Waals surface area contributed by atoms with Gasteiger partial charge in [-0.2, -0.15) is 0 Å². The number of rotatable bonds is 6. The van der Waals surface area contributed by atoms with Gasteiger partial charge in [-0.05, 0) is 32.6 Å². The first kappa shape index (κ1) is 13.5. The molecule has 0 aliphatic carbocycles. The fraction of sp³-hybridized carbons (Fsp3) is 0.917. The van der Waals surface area contributed by atoms with Gasteiger partial charge in [-0.15, -0.1) is 0 Å². The van der Waals surface area contributed by atoms with Gasteiger partial charge in [-0.25, -0.2) is 0 Å². The molecular formula is C12H24N2O2. The topological polar surface area (TPSA) is 64.4 Å². The molecular weight excluding hydrogens is 204 g/mol. The van der Waals surface area contributed by atoms with E-state index < -0.39 is 0 Å². The molecule has 1 amide bonds. The summed E-state index contributed by atoms with van der Waals surface area (Å²) >= 11 is 0. The van der Waals surface area contributed by atoms with Crippen LogP contribution in [0.3, 0.4) is 0 Å². The Kier molecular flexibility index (Phi) is 5.77. The summed E-state index contributed by atoms with van der Waals surface area (Å²) < 4.78 is 5.71. The third kappa shape index (κ3) is 4.10. The summed E-state index contributed by atoms with van der Waals surface area (Å²) in [5, 5.41) is 2.89. The van der Waals surface area contributed by atoms with Crippen LogP contribution < -0.4 is 11.1 Å². The van der Waals surface area contributed by atoms with E-state index in [4.69, 9.17) is 10.5 Å². The molecule has 4 heteroatoms. The maximum atomic E-state index is 11.8. The van der Waals surface area contributed by atoms with Gasteiger partial charge in [0.15, 0.2) is 0 Å². The summed E-state index contributed by atoms with van der Waals surface area (Å²) in [5.74, 6) is -0.0191. The number of amides is 1. The largest absolute Gasteiger partial charge is 0.375 e. The summed E-state index contributed by atoms with van der Waals surface area (Å²) in [6, 6.07) is 0. The highest BCUT2D eigenvalue weighted by Crippen LogP contribution is 2.24. The molecule has 1 fully saturated rings. The molecule has 16 heavy (non-hydrogen) atoms. The van der Waals surface area contributed by atoms with E-state index >= 15 is 0 Å². The Bertz CT molecular complexity index is 221. The first-order chi connectivity index (χ1) is 7.67. The van der Waals surface area contributed by atoms with Crippen molar-refractivity contribution in [3.05, 3.63) is 0 Å². The van der Waals surface area contributed by atoms with Crippen LogP contribution in [-0.4, -0.2) is 31.2 Å². The lowest BCUT2D eigenvalue weighted by Crippen LogP contribution is -2.37. The van der Waals surface area contributed by atoms with E-state index in [1.54, 1.807) is 0 Å². The lowest BCUT2D eigenvalue weighted by atomic mass is 9.99. The highest BCUT2D eigenvalue weighted by atomic mass is 16.5. The molecule has 0 bridgehead atoms. The average molecular weight is 228 g/mol. The molecule has 0 radical (unpaired) electrons. The predicted molar refractivity (Wildman–Crippen MR) is 64.0 cm³/mol. The number of carbonyl (C=O) groups is 1. The standard InChI is InChI=1S/C12H24N2O2/c1-3-6-14-12(15)10(8-13)7-11-5-4-9(2)16-11/h9-11H,3-8,13H2,1-2H3,(H,14,15). The predicted octanol–water partition coefficient (Wildman–Crippen LogP) is 1.05. The minimum Gasteiger partial charge on any atom is -0.375 e. The summed E-state index contributed by atoms with van der Waals surface area (Å²) in [7, 11) is 0. The molecule has 1 aliphatic heterocycles. The van der Waals surface area contributed by atoms with E-state index in [2.05, 4.69) is 12.2 Å². The van der Waals surface area contributed by atoms with E-state index in [1.807, 2.05) is 6.92 Å². The van der Waals surface area contributed by atoms with Gasteiger partial charge >= 0.3 is 0 Å². The zero-order chi connectivity index (χ0) is 12.0. The number of nitrogens with one attached hydrogen (secondary N) is 1. The highest BCUT2D eigenvalue weighted by Gasteiger charge is 2.27. The molecule has 0 aromatic carbocycles. The first-order valence-electron chi connectivity index (χ1n) is 6.30. The summed E-state index contributed by atoms with van der Waals surface area (Å²) in [4.78, 5) is 11.8. The molecule has 3 N–H and O–H groups in total. The van der Waals surface area contributed by atoms with Gasteiger partial charge in [-0.1, -0.05) is 6.92 Å². The van der Waals surface area contributed by atoms with Crippen molar-refractivity contribution >= 4 is 5.91 Å². The maximum Gasteiger partial charge on any atom is 0.224 e. The van der Waals surface area contributed by atoms with Crippen molar-refractivity contribution in [1.29, 1.82) is 0 Å². The number of carbonyl (C=O) groups excluding carboxylic acids is 1. The Labute approximate surface area is 97.9 Å². The van der Waals surface area contributed by atoms with Crippen LogP contribution in [0.4, 0.5) is 0 Å². The van der Waals surface area contributed by atoms with Crippen LogP contribution >= 0.6 is 0 Å². The van der Waals surface area contributed by atoms with E-state index in [0.29, 0.717) is 12.6 Å². The van der Waals surface area contributed by atoms with Crippen LogP contribution in [0.5, 0.6) is 0 Å². The number of nitrogens with two attached hydrogens (primary N) is 1. The SMILES string of the molecule is CCCNC(=O)C(CN)CC1CCC(C)O1. The minimum absolute atomic E-state index is 0.0764. The molecule has 0 aromatic rings. The fourth-order valence-corrected chi connectivity index (χ4v) is 2.08. The number of ether oxygens (including phenoxy) is 1. The van der Waals surface area contributed by atoms with Crippen LogP contribution in [0.2, 0.25) is 0 Å². The molecule has 1 aliphatic rings. The van der Waals surface area contributed by atoms with Gasteiger partial charge in [0, 0.05) is 13.1 Å². The van der Waals surface area contributed by atoms with E-state index in [9.17, 15) is 4.79 Å². The van der Waals surface area contributed by atoms with Crippen molar-refractivity contribution < 1.29 is 9.53 Å². The monoisotopic (exact) mass is 228 g/mol. The lowest BCUT2D eigenvalue weighted by Gasteiger charge is -2.18. The average Bonchev–Trinajstić information content (AvgIpc) is 2.68. The van der Waals surface area contributed by atoms with Crippen molar-refractivity contribution in [2.45, 2.75) is 51.7 Å². The zero-order valence-electron chi connectivity index (χ0n) is 10.4. The van der Waals surface area contributed by atoms with Crippen molar-refractivity contribution in [3.8, 4) is 0 Å². The van der Waals surface area contributed by atoms with Gasteiger partial charge in [-0.3, -0.25) is 4.79 Å². The van der Waals surface area contributed by atoms with Crippen LogP contribution in [0, 0.1) is 5.92 Å². The second kappa shape index (κ2) is 6.86. The minimum atomic E-state index is -0.0955. The molecule has 94 valence electrons. The van der Waals surface area contributed by atoms with Crippen molar-refractivity contribution in [2.75, 3.05) is 13.1 Å². The maximum absolute atomic E-state index is 11.8.